The second kappa shape index (κ2) is 8.55. The highest BCUT2D eigenvalue weighted by Crippen LogP contribution is 2.35. The van der Waals surface area contributed by atoms with Crippen LogP contribution in [0.1, 0.15) is 37.0 Å². The molecule has 7 heteroatoms. The number of hydrogen-bond donors (Lipinski definition) is 1. The minimum atomic E-state index is -0.725. The summed E-state index contributed by atoms with van der Waals surface area (Å²) in [6.07, 6.45) is 2.08. The van der Waals surface area contributed by atoms with Gasteiger partial charge in [0.2, 0.25) is 5.91 Å². The Morgan fingerprint density at radius 3 is 2.77 bits per heavy atom. The lowest BCUT2D eigenvalue weighted by Gasteiger charge is -2.32. The van der Waals surface area contributed by atoms with Gasteiger partial charge in [0.25, 0.3) is 5.91 Å². The van der Waals surface area contributed by atoms with Gasteiger partial charge in [0.05, 0.1) is 16.9 Å². The molecule has 0 fully saturated rings. The highest BCUT2D eigenvalue weighted by atomic mass is 16.5. The quantitative estimate of drug-likeness (QED) is 0.613. The first kappa shape index (κ1) is 20.5. The number of rotatable bonds is 6. The number of aromatic nitrogens is 1. The topological polar surface area (TPSA) is 88.6 Å². The van der Waals surface area contributed by atoms with Crippen molar-refractivity contribution in [2.45, 2.75) is 32.8 Å². The number of ketones is 1. The minimum absolute atomic E-state index is 0.0115. The molecule has 2 aromatic carbocycles. The molecule has 0 bridgehead atoms. The van der Waals surface area contributed by atoms with Crippen LogP contribution in [0.2, 0.25) is 0 Å². The van der Waals surface area contributed by atoms with Crippen LogP contribution < -0.4 is 15.0 Å². The van der Waals surface area contributed by atoms with Gasteiger partial charge in [-0.3, -0.25) is 24.3 Å². The molecule has 0 radical (unpaired) electrons. The molecule has 7 nitrogen and oxygen atoms in total. The van der Waals surface area contributed by atoms with Gasteiger partial charge in [-0.1, -0.05) is 25.1 Å². The molecule has 0 spiro atoms. The number of Topliss-reactive ketones (excluding diaryl/α,β-unsaturated/α-hetero) is 1. The maximum absolute atomic E-state index is 12.9. The summed E-state index contributed by atoms with van der Waals surface area (Å²) in [5.41, 5.74) is 2.17. The summed E-state index contributed by atoms with van der Waals surface area (Å²) >= 11 is 0. The summed E-state index contributed by atoms with van der Waals surface area (Å²) in [6, 6.07) is 14.3. The highest BCUT2D eigenvalue weighted by molar-refractivity contribution is 6.09. The number of fused-ring (bicyclic) bond motifs is 2. The number of nitrogens with zero attached hydrogens (tertiary/aromatic N) is 2. The molecule has 31 heavy (non-hydrogen) atoms. The molecule has 158 valence electrons. The molecule has 4 rings (SSSR count). The Morgan fingerprint density at radius 2 is 1.97 bits per heavy atom. The SMILES string of the molecule is CCCC(=O)c1ccc2c(c1)N(CC(=O)Nc1cccc3cccnc13)C(=O)C(C)O2. The Kier molecular flexibility index (Phi) is 5.66. The Bertz CT molecular complexity index is 1170. The van der Waals surface area contributed by atoms with Crippen LogP contribution in [0.3, 0.4) is 0 Å². The fourth-order valence-corrected chi connectivity index (χ4v) is 3.65. The number of carbonyl (C=O) groups excluding carboxylic acids is 3. The molecule has 2 heterocycles. The molecule has 0 saturated carbocycles. The van der Waals surface area contributed by atoms with Crippen molar-refractivity contribution in [3.05, 3.63) is 60.3 Å². The zero-order chi connectivity index (χ0) is 22.0. The Balaban J connectivity index is 1.61. The van der Waals surface area contributed by atoms with Crippen molar-refractivity contribution in [2.75, 3.05) is 16.8 Å². The van der Waals surface area contributed by atoms with Crippen molar-refractivity contribution < 1.29 is 19.1 Å². The van der Waals surface area contributed by atoms with Gasteiger partial charge in [-0.25, -0.2) is 0 Å². The van der Waals surface area contributed by atoms with Crippen LogP contribution in [-0.2, 0) is 9.59 Å². The number of amides is 2. The molecule has 1 aliphatic rings. The molecule has 1 atom stereocenters. The van der Waals surface area contributed by atoms with Crippen molar-refractivity contribution in [1.82, 2.24) is 4.98 Å². The van der Waals surface area contributed by atoms with Crippen LogP contribution in [0, 0.1) is 0 Å². The highest BCUT2D eigenvalue weighted by Gasteiger charge is 2.33. The maximum Gasteiger partial charge on any atom is 0.268 e. The molecule has 0 saturated heterocycles. The molecule has 3 aromatic rings. The van der Waals surface area contributed by atoms with E-state index in [0.717, 1.165) is 11.8 Å². The Hall–Kier alpha value is -3.74. The summed E-state index contributed by atoms with van der Waals surface area (Å²) in [5, 5.41) is 3.76. The molecule has 1 aliphatic heterocycles. The third-order valence-corrected chi connectivity index (χ3v) is 5.17. The van der Waals surface area contributed by atoms with Crippen LogP contribution >= 0.6 is 0 Å². The van der Waals surface area contributed by atoms with Gasteiger partial charge in [0.1, 0.15) is 12.3 Å². The van der Waals surface area contributed by atoms with Gasteiger partial charge in [-0.05, 0) is 43.7 Å². The molecule has 1 unspecified atom stereocenters. The molecular formula is C24H23N3O4. The van der Waals surface area contributed by atoms with Crippen molar-refractivity contribution in [3.63, 3.8) is 0 Å². The predicted molar refractivity (Wildman–Crippen MR) is 118 cm³/mol. The number of nitrogens with one attached hydrogen (secondary N) is 1. The van der Waals surface area contributed by atoms with E-state index in [2.05, 4.69) is 10.3 Å². The summed E-state index contributed by atoms with van der Waals surface area (Å²) in [7, 11) is 0. The van der Waals surface area contributed by atoms with Crippen molar-refractivity contribution >= 4 is 39.9 Å². The second-order valence-electron chi connectivity index (χ2n) is 7.47. The van der Waals surface area contributed by atoms with E-state index in [1.807, 2.05) is 31.2 Å². The van der Waals surface area contributed by atoms with Crippen LogP contribution in [0.25, 0.3) is 10.9 Å². The predicted octanol–water partition coefficient (Wildman–Crippen LogP) is 3.97. The number of para-hydroxylation sites is 1. The lowest BCUT2D eigenvalue weighted by molar-refractivity contribution is -0.127. The van der Waals surface area contributed by atoms with E-state index in [9.17, 15) is 14.4 Å². The van der Waals surface area contributed by atoms with E-state index in [1.165, 1.54) is 4.90 Å². The zero-order valence-corrected chi connectivity index (χ0v) is 17.4. The van der Waals surface area contributed by atoms with Gasteiger partial charge in [-0.15, -0.1) is 0 Å². The smallest absolute Gasteiger partial charge is 0.268 e. The van der Waals surface area contributed by atoms with Gasteiger partial charge < -0.3 is 10.1 Å². The van der Waals surface area contributed by atoms with Crippen LogP contribution in [-0.4, -0.2) is 35.2 Å². The van der Waals surface area contributed by atoms with Gasteiger partial charge in [0.15, 0.2) is 11.9 Å². The van der Waals surface area contributed by atoms with E-state index in [1.54, 1.807) is 37.4 Å². The number of pyridine rings is 1. The van der Waals surface area contributed by atoms with E-state index in [4.69, 9.17) is 4.74 Å². The van der Waals surface area contributed by atoms with Crippen LogP contribution in [0.15, 0.2) is 54.7 Å². The van der Waals surface area contributed by atoms with Gasteiger partial charge in [0, 0.05) is 23.6 Å². The fourth-order valence-electron chi connectivity index (χ4n) is 3.65. The van der Waals surface area contributed by atoms with E-state index in [0.29, 0.717) is 34.6 Å². The standard InChI is InChI=1S/C24H23N3O4/c1-3-6-20(28)17-10-11-21-19(13-17)27(24(30)15(2)31-21)14-22(29)26-18-9-4-7-16-8-5-12-25-23(16)18/h4-5,7-13,15H,3,6,14H2,1-2H3,(H,26,29). The Morgan fingerprint density at radius 1 is 1.16 bits per heavy atom. The third kappa shape index (κ3) is 4.12. The first-order valence-electron chi connectivity index (χ1n) is 10.3. The number of hydrogen-bond acceptors (Lipinski definition) is 5. The largest absolute Gasteiger partial charge is 0.479 e. The zero-order valence-electron chi connectivity index (χ0n) is 17.4. The number of anilines is 2. The lowest BCUT2D eigenvalue weighted by atomic mass is 10.0. The molecule has 1 N–H and O–H groups in total. The molecule has 1 aromatic heterocycles. The maximum atomic E-state index is 12.9. The van der Waals surface area contributed by atoms with Crippen molar-refractivity contribution in [1.29, 1.82) is 0 Å². The van der Waals surface area contributed by atoms with Gasteiger partial charge in [-0.2, -0.15) is 0 Å². The fraction of sp³-hybridized carbons (Fsp3) is 0.250. The van der Waals surface area contributed by atoms with E-state index in [-0.39, 0.29) is 24.1 Å². The Labute approximate surface area is 180 Å². The molecule has 0 aliphatic carbocycles. The lowest BCUT2D eigenvalue weighted by Crippen LogP contribution is -2.47. The van der Waals surface area contributed by atoms with Crippen LogP contribution in [0.4, 0.5) is 11.4 Å². The normalized spacial score (nSPS) is 15.4. The van der Waals surface area contributed by atoms with E-state index < -0.39 is 6.10 Å². The number of carbonyl (C=O) groups is 3. The average molecular weight is 417 g/mol. The van der Waals surface area contributed by atoms with Crippen molar-refractivity contribution in [2.24, 2.45) is 0 Å². The number of ether oxygens (including phenoxy) is 1. The second-order valence-corrected chi connectivity index (χ2v) is 7.47. The summed E-state index contributed by atoms with van der Waals surface area (Å²) in [4.78, 5) is 43.7. The summed E-state index contributed by atoms with van der Waals surface area (Å²) in [6.45, 7) is 3.37. The monoisotopic (exact) mass is 417 g/mol. The molecule has 2 amide bonds. The molecular weight excluding hydrogens is 394 g/mol. The van der Waals surface area contributed by atoms with Gasteiger partial charge >= 0.3 is 0 Å². The minimum Gasteiger partial charge on any atom is -0.479 e. The first-order chi connectivity index (χ1) is 15.0. The average Bonchev–Trinajstić information content (AvgIpc) is 2.77. The van der Waals surface area contributed by atoms with Crippen LogP contribution in [0.5, 0.6) is 5.75 Å². The van der Waals surface area contributed by atoms with Crippen molar-refractivity contribution in [3.8, 4) is 5.75 Å². The summed E-state index contributed by atoms with van der Waals surface area (Å²) in [5.74, 6) is -0.238. The number of benzene rings is 2. The van der Waals surface area contributed by atoms with E-state index >= 15 is 0 Å². The third-order valence-electron chi connectivity index (χ3n) is 5.17. The summed E-state index contributed by atoms with van der Waals surface area (Å²) < 4.78 is 5.68. The first-order valence-corrected chi connectivity index (χ1v) is 10.3.